The van der Waals surface area contributed by atoms with Gasteiger partial charge in [-0.2, -0.15) is 18.3 Å². The molecule has 5 nitrogen and oxygen atoms in total. The SMILES string of the molecule is COc1ccc2cc(OCC(O)(c3ccc4c(cnn4-c4ccc(F)cc4)c3)C(F)(F)F)ccc2c1. The molecule has 1 unspecified atom stereocenters. The molecular weight excluding hydrogens is 476 g/mol. The minimum atomic E-state index is -5.02. The maximum absolute atomic E-state index is 14.1. The number of methoxy groups -OCH3 is 1. The van der Waals surface area contributed by atoms with Gasteiger partial charge >= 0.3 is 6.18 Å². The van der Waals surface area contributed by atoms with Crippen molar-refractivity contribution in [1.82, 2.24) is 9.78 Å². The first kappa shape index (κ1) is 23.6. The molecule has 1 atom stereocenters. The van der Waals surface area contributed by atoms with Gasteiger partial charge in [0.25, 0.3) is 0 Å². The maximum Gasteiger partial charge on any atom is 0.424 e. The van der Waals surface area contributed by atoms with E-state index in [1.54, 1.807) is 37.4 Å². The van der Waals surface area contributed by atoms with E-state index >= 15 is 0 Å². The highest BCUT2D eigenvalue weighted by molar-refractivity contribution is 5.85. The van der Waals surface area contributed by atoms with E-state index in [1.165, 1.54) is 59.4 Å². The van der Waals surface area contributed by atoms with Crippen LogP contribution in [0.4, 0.5) is 17.6 Å². The molecule has 5 rings (SSSR count). The van der Waals surface area contributed by atoms with Gasteiger partial charge in [-0.25, -0.2) is 9.07 Å². The molecule has 0 saturated heterocycles. The number of rotatable bonds is 6. The molecule has 0 radical (unpaired) electrons. The second kappa shape index (κ2) is 8.83. The van der Waals surface area contributed by atoms with Crippen LogP contribution in [0.2, 0.25) is 0 Å². The van der Waals surface area contributed by atoms with Crippen LogP contribution in [-0.2, 0) is 5.60 Å². The zero-order chi connectivity index (χ0) is 25.5. The van der Waals surface area contributed by atoms with Crippen LogP contribution < -0.4 is 9.47 Å². The summed E-state index contributed by atoms with van der Waals surface area (Å²) in [5, 5.41) is 17.0. The molecule has 1 aromatic heterocycles. The molecule has 0 bridgehead atoms. The summed E-state index contributed by atoms with van der Waals surface area (Å²) < 4.78 is 67.8. The largest absolute Gasteiger partial charge is 0.497 e. The lowest BCUT2D eigenvalue weighted by atomic mass is 9.93. The van der Waals surface area contributed by atoms with Gasteiger partial charge in [-0.3, -0.25) is 0 Å². The minimum Gasteiger partial charge on any atom is -0.497 e. The maximum atomic E-state index is 14.1. The van der Waals surface area contributed by atoms with Crippen LogP contribution in [-0.4, -0.2) is 34.8 Å². The smallest absolute Gasteiger partial charge is 0.424 e. The van der Waals surface area contributed by atoms with Gasteiger partial charge in [-0.15, -0.1) is 0 Å². The van der Waals surface area contributed by atoms with E-state index in [4.69, 9.17) is 9.47 Å². The normalized spacial score (nSPS) is 13.6. The van der Waals surface area contributed by atoms with Crippen LogP contribution in [0, 0.1) is 5.82 Å². The van der Waals surface area contributed by atoms with Gasteiger partial charge in [0, 0.05) is 5.39 Å². The second-order valence-corrected chi connectivity index (χ2v) is 8.33. The molecule has 0 amide bonds. The predicted molar refractivity (Wildman–Crippen MR) is 127 cm³/mol. The van der Waals surface area contributed by atoms with E-state index in [0.717, 1.165) is 10.8 Å². The van der Waals surface area contributed by atoms with Gasteiger partial charge in [0.1, 0.15) is 23.9 Å². The minimum absolute atomic E-state index is 0.181. The molecule has 0 saturated carbocycles. The van der Waals surface area contributed by atoms with Gasteiger partial charge < -0.3 is 14.6 Å². The highest BCUT2D eigenvalue weighted by Gasteiger charge is 2.56. The van der Waals surface area contributed by atoms with Gasteiger partial charge in [-0.1, -0.05) is 18.2 Å². The van der Waals surface area contributed by atoms with Gasteiger partial charge in [0.15, 0.2) is 0 Å². The first-order valence-electron chi connectivity index (χ1n) is 10.9. The van der Waals surface area contributed by atoms with Crippen LogP contribution >= 0.6 is 0 Å². The summed E-state index contributed by atoms with van der Waals surface area (Å²) in [6.45, 7) is -1.05. The van der Waals surface area contributed by atoms with Crippen molar-refractivity contribution < 1.29 is 32.1 Å². The van der Waals surface area contributed by atoms with Crippen molar-refractivity contribution in [2.24, 2.45) is 0 Å². The number of benzene rings is 4. The molecule has 5 aromatic rings. The van der Waals surface area contributed by atoms with Crippen molar-refractivity contribution in [2.45, 2.75) is 11.8 Å². The summed E-state index contributed by atoms with van der Waals surface area (Å²) in [6.07, 6.45) is -3.63. The van der Waals surface area contributed by atoms with Crippen molar-refractivity contribution in [3.8, 4) is 17.2 Å². The second-order valence-electron chi connectivity index (χ2n) is 8.33. The summed E-state index contributed by atoms with van der Waals surface area (Å²) in [4.78, 5) is 0. The van der Waals surface area contributed by atoms with E-state index < -0.39 is 24.2 Å². The van der Waals surface area contributed by atoms with Crippen LogP contribution in [0.25, 0.3) is 27.4 Å². The molecule has 184 valence electrons. The average Bonchev–Trinajstić information content (AvgIpc) is 3.30. The molecule has 0 aliphatic carbocycles. The van der Waals surface area contributed by atoms with Crippen molar-refractivity contribution in [3.63, 3.8) is 0 Å². The lowest BCUT2D eigenvalue weighted by molar-refractivity contribution is -0.275. The van der Waals surface area contributed by atoms with Crippen LogP contribution in [0.3, 0.4) is 0 Å². The number of nitrogens with zero attached hydrogens (tertiary/aromatic N) is 2. The third kappa shape index (κ3) is 4.22. The van der Waals surface area contributed by atoms with Crippen molar-refractivity contribution >= 4 is 21.7 Å². The Balaban J connectivity index is 1.45. The number of ether oxygens (including phenoxy) is 2. The van der Waals surface area contributed by atoms with E-state index in [-0.39, 0.29) is 11.3 Å². The summed E-state index contributed by atoms with van der Waals surface area (Å²) in [6, 6.07) is 19.5. The summed E-state index contributed by atoms with van der Waals surface area (Å²) >= 11 is 0. The van der Waals surface area contributed by atoms with E-state index in [2.05, 4.69) is 5.10 Å². The Morgan fingerprint density at radius 2 is 1.50 bits per heavy atom. The fraction of sp³-hybridized carbons (Fsp3) is 0.148. The topological polar surface area (TPSA) is 56.5 Å². The Bertz CT molecular complexity index is 1550. The quantitative estimate of drug-likeness (QED) is 0.286. The molecule has 4 aromatic carbocycles. The van der Waals surface area contributed by atoms with Crippen LogP contribution in [0.1, 0.15) is 5.56 Å². The van der Waals surface area contributed by atoms with Crippen molar-refractivity contribution in [1.29, 1.82) is 0 Å². The Hall–Kier alpha value is -4.11. The highest BCUT2D eigenvalue weighted by Crippen LogP contribution is 2.40. The molecule has 9 heteroatoms. The number of hydrogen-bond acceptors (Lipinski definition) is 4. The Labute approximate surface area is 203 Å². The third-order valence-electron chi connectivity index (χ3n) is 6.05. The average molecular weight is 496 g/mol. The first-order chi connectivity index (χ1) is 17.2. The molecule has 0 spiro atoms. The zero-order valence-corrected chi connectivity index (χ0v) is 19.0. The molecule has 1 N–H and O–H groups in total. The van der Waals surface area contributed by atoms with Crippen molar-refractivity contribution in [3.05, 3.63) is 96.4 Å². The van der Waals surface area contributed by atoms with Gasteiger partial charge in [0.2, 0.25) is 5.60 Å². The first-order valence-corrected chi connectivity index (χ1v) is 10.9. The van der Waals surface area contributed by atoms with E-state index in [1.807, 2.05) is 0 Å². The fourth-order valence-corrected chi connectivity index (χ4v) is 4.01. The molecule has 0 aliphatic rings. The van der Waals surface area contributed by atoms with Gasteiger partial charge in [-0.05, 0) is 77.0 Å². The molecule has 0 aliphatic heterocycles. The monoisotopic (exact) mass is 496 g/mol. The van der Waals surface area contributed by atoms with Crippen LogP contribution in [0.15, 0.2) is 85.1 Å². The zero-order valence-electron chi connectivity index (χ0n) is 19.0. The number of halogens is 4. The summed E-state index contributed by atoms with van der Waals surface area (Å²) in [5.74, 6) is 0.417. The van der Waals surface area contributed by atoms with Gasteiger partial charge in [0.05, 0.1) is 24.5 Å². The lowest BCUT2D eigenvalue weighted by Gasteiger charge is -2.31. The lowest BCUT2D eigenvalue weighted by Crippen LogP contribution is -2.47. The third-order valence-corrected chi connectivity index (χ3v) is 6.05. The number of fused-ring (bicyclic) bond motifs is 2. The standard InChI is InChI=1S/C27H20F4N2O3/c1-35-23-9-2-18-14-24(10-3-17(18)13-23)36-16-26(34,27(29,30)31)20-4-11-25-19(12-20)15-32-33(25)22-7-5-21(28)6-8-22/h2-15,34H,16H2,1H3. The molecule has 0 fully saturated rings. The number of alkyl halides is 3. The molecule has 36 heavy (non-hydrogen) atoms. The summed E-state index contributed by atoms with van der Waals surface area (Å²) in [5.41, 5.74) is -2.61. The Morgan fingerprint density at radius 1 is 0.833 bits per heavy atom. The predicted octanol–water partition coefficient (Wildman–Crippen LogP) is 6.16. The number of hydrogen-bond donors (Lipinski definition) is 1. The van der Waals surface area contributed by atoms with E-state index in [0.29, 0.717) is 22.3 Å². The number of aromatic nitrogens is 2. The van der Waals surface area contributed by atoms with E-state index in [9.17, 15) is 22.7 Å². The highest BCUT2D eigenvalue weighted by atomic mass is 19.4. The molecule has 1 heterocycles. The summed E-state index contributed by atoms with van der Waals surface area (Å²) in [7, 11) is 1.54. The van der Waals surface area contributed by atoms with Crippen molar-refractivity contribution in [2.75, 3.05) is 13.7 Å². The fourth-order valence-electron chi connectivity index (χ4n) is 4.01. The Kier molecular flexibility index (Phi) is 5.80. The van der Waals surface area contributed by atoms with Crippen LogP contribution in [0.5, 0.6) is 11.5 Å². The number of aliphatic hydroxyl groups is 1. The molecular formula is C27H20F4N2O3. The Morgan fingerprint density at radius 3 is 2.17 bits per heavy atom.